The molecule has 2 rings (SSSR count). The number of ether oxygens (including phenoxy) is 2. The van der Waals surface area contributed by atoms with E-state index in [0.29, 0.717) is 11.3 Å². The van der Waals surface area contributed by atoms with Crippen molar-refractivity contribution in [2.24, 2.45) is 5.73 Å². The Labute approximate surface area is 111 Å². The molecule has 4 heteroatoms. The largest absolute Gasteiger partial charge is 0.468 e. The SMILES string of the molecule is COC(=O)[C@@H](N)c1cccc(Oc2ccccc2)c1. The number of nitrogens with two attached hydrogens (primary N) is 1. The molecule has 98 valence electrons. The zero-order chi connectivity index (χ0) is 13.7. The molecule has 0 aliphatic heterocycles. The van der Waals surface area contributed by atoms with E-state index in [1.54, 1.807) is 24.3 Å². The molecule has 0 radical (unpaired) electrons. The van der Waals surface area contributed by atoms with Crippen molar-refractivity contribution in [2.75, 3.05) is 7.11 Å². The highest BCUT2D eigenvalue weighted by Crippen LogP contribution is 2.24. The second kappa shape index (κ2) is 6.02. The number of rotatable bonds is 4. The third kappa shape index (κ3) is 3.33. The van der Waals surface area contributed by atoms with E-state index in [1.807, 2.05) is 30.3 Å². The summed E-state index contributed by atoms with van der Waals surface area (Å²) in [5.41, 5.74) is 6.43. The fourth-order valence-electron chi connectivity index (χ4n) is 1.66. The van der Waals surface area contributed by atoms with Crippen LogP contribution < -0.4 is 10.5 Å². The number of esters is 1. The lowest BCUT2D eigenvalue weighted by Crippen LogP contribution is -2.22. The maximum absolute atomic E-state index is 11.4. The van der Waals surface area contributed by atoms with E-state index in [-0.39, 0.29) is 0 Å². The minimum atomic E-state index is -0.802. The van der Waals surface area contributed by atoms with E-state index in [4.69, 9.17) is 10.5 Å². The topological polar surface area (TPSA) is 61.5 Å². The van der Waals surface area contributed by atoms with Crippen LogP contribution in [0.25, 0.3) is 0 Å². The Kier molecular flexibility index (Phi) is 4.15. The maximum Gasteiger partial charge on any atom is 0.327 e. The van der Waals surface area contributed by atoms with E-state index >= 15 is 0 Å². The van der Waals surface area contributed by atoms with Crippen molar-refractivity contribution in [3.8, 4) is 11.5 Å². The summed E-state index contributed by atoms with van der Waals surface area (Å²) in [7, 11) is 1.31. The van der Waals surface area contributed by atoms with Crippen LogP contribution in [-0.2, 0) is 9.53 Å². The van der Waals surface area contributed by atoms with Crippen LogP contribution in [0.4, 0.5) is 0 Å². The number of hydrogen-bond donors (Lipinski definition) is 1. The fraction of sp³-hybridized carbons (Fsp3) is 0.133. The van der Waals surface area contributed by atoms with E-state index in [0.717, 1.165) is 5.75 Å². The van der Waals surface area contributed by atoms with E-state index in [2.05, 4.69) is 4.74 Å². The number of methoxy groups -OCH3 is 1. The van der Waals surface area contributed by atoms with Gasteiger partial charge in [-0.2, -0.15) is 0 Å². The van der Waals surface area contributed by atoms with Gasteiger partial charge in [-0.3, -0.25) is 4.79 Å². The van der Waals surface area contributed by atoms with Crippen LogP contribution in [0, 0.1) is 0 Å². The molecule has 0 unspecified atom stereocenters. The number of carbonyl (C=O) groups excluding carboxylic acids is 1. The number of carbonyl (C=O) groups is 1. The van der Waals surface area contributed by atoms with Gasteiger partial charge in [-0.15, -0.1) is 0 Å². The van der Waals surface area contributed by atoms with Crippen LogP contribution in [0.3, 0.4) is 0 Å². The molecule has 0 bridgehead atoms. The normalized spacial score (nSPS) is 11.7. The molecule has 0 saturated heterocycles. The molecule has 0 fully saturated rings. The number of hydrogen-bond acceptors (Lipinski definition) is 4. The van der Waals surface area contributed by atoms with Gasteiger partial charge in [0, 0.05) is 0 Å². The van der Waals surface area contributed by atoms with Crippen LogP contribution >= 0.6 is 0 Å². The average Bonchev–Trinajstić information content (AvgIpc) is 2.47. The Balaban J connectivity index is 2.18. The molecule has 0 heterocycles. The molecule has 19 heavy (non-hydrogen) atoms. The van der Waals surface area contributed by atoms with Gasteiger partial charge in [0.2, 0.25) is 0 Å². The summed E-state index contributed by atoms with van der Waals surface area (Å²) in [6, 6.07) is 15.7. The minimum Gasteiger partial charge on any atom is -0.468 e. The number of para-hydroxylation sites is 1. The van der Waals surface area contributed by atoms with Gasteiger partial charge in [-0.05, 0) is 29.8 Å². The Bertz CT molecular complexity index is 554. The smallest absolute Gasteiger partial charge is 0.327 e. The van der Waals surface area contributed by atoms with Crippen molar-refractivity contribution in [1.29, 1.82) is 0 Å². The van der Waals surface area contributed by atoms with Crippen LogP contribution in [0.15, 0.2) is 54.6 Å². The summed E-state index contributed by atoms with van der Waals surface area (Å²) >= 11 is 0. The minimum absolute atomic E-state index is 0.475. The van der Waals surface area contributed by atoms with Gasteiger partial charge in [0.05, 0.1) is 7.11 Å². The van der Waals surface area contributed by atoms with Crippen LogP contribution in [0.2, 0.25) is 0 Å². The van der Waals surface area contributed by atoms with Gasteiger partial charge in [0.15, 0.2) is 0 Å². The summed E-state index contributed by atoms with van der Waals surface area (Å²) in [6.45, 7) is 0. The van der Waals surface area contributed by atoms with Crippen LogP contribution in [0.1, 0.15) is 11.6 Å². The zero-order valence-corrected chi connectivity index (χ0v) is 10.6. The quantitative estimate of drug-likeness (QED) is 0.855. The van der Waals surface area contributed by atoms with Gasteiger partial charge in [0.1, 0.15) is 17.5 Å². The van der Waals surface area contributed by atoms with Gasteiger partial charge in [-0.25, -0.2) is 0 Å². The standard InChI is InChI=1S/C15H15NO3/c1-18-15(17)14(16)11-6-5-9-13(10-11)19-12-7-3-2-4-8-12/h2-10,14H,16H2,1H3/t14-/m0/s1. The summed E-state index contributed by atoms with van der Waals surface area (Å²) in [6.07, 6.45) is 0. The Morgan fingerprint density at radius 2 is 1.74 bits per heavy atom. The molecule has 1 atom stereocenters. The summed E-state index contributed by atoms with van der Waals surface area (Å²) in [5, 5.41) is 0. The van der Waals surface area contributed by atoms with Crippen molar-refractivity contribution in [1.82, 2.24) is 0 Å². The van der Waals surface area contributed by atoms with Gasteiger partial charge >= 0.3 is 5.97 Å². The molecule has 4 nitrogen and oxygen atoms in total. The summed E-state index contributed by atoms with van der Waals surface area (Å²) in [4.78, 5) is 11.4. The van der Waals surface area contributed by atoms with Gasteiger partial charge in [0.25, 0.3) is 0 Å². The molecule has 2 N–H and O–H groups in total. The van der Waals surface area contributed by atoms with Crippen molar-refractivity contribution in [2.45, 2.75) is 6.04 Å². The first-order valence-corrected chi connectivity index (χ1v) is 5.87. The maximum atomic E-state index is 11.4. The lowest BCUT2D eigenvalue weighted by Gasteiger charge is -2.11. The molecule has 0 saturated carbocycles. The Morgan fingerprint density at radius 1 is 1.05 bits per heavy atom. The zero-order valence-electron chi connectivity index (χ0n) is 10.6. The second-order valence-electron chi connectivity index (χ2n) is 3.99. The molecule has 0 spiro atoms. The lowest BCUT2D eigenvalue weighted by molar-refractivity contribution is -0.142. The first kappa shape index (κ1) is 13.1. The lowest BCUT2D eigenvalue weighted by atomic mass is 10.1. The Hall–Kier alpha value is -2.33. The fourth-order valence-corrected chi connectivity index (χ4v) is 1.66. The van der Waals surface area contributed by atoms with Crippen molar-refractivity contribution in [3.63, 3.8) is 0 Å². The van der Waals surface area contributed by atoms with Gasteiger partial charge < -0.3 is 15.2 Å². The molecule has 2 aromatic rings. The van der Waals surface area contributed by atoms with E-state index in [1.165, 1.54) is 7.11 Å². The summed E-state index contributed by atoms with van der Waals surface area (Å²) in [5.74, 6) is 0.881. The first-order chi connectivity index (χ1) is 9.20. The summed E-state index contributed by atoms with van der Waals surface area (Å²) < 4.78 is 10.3. The van der Waals surface area contributed by atoms with Crippen LogP contribution in [-0.4, -0.2) is 13.1 Å². The van der Waals surface area contributed by atoms with Crippen molar-refractivity contribution >= 4 is 5.97 Å². The van der Waals surface area contributed by atoms with E-state index < -0.39 is 12.0 Å². The molecule has 0 aliphatic rings. The highest BCUT2D eigenvalue weighted by atomic mass is 16.5. The van der Waals surface area contributed by atoms with Gasteiger partial charge in [-0.1, -0.05) is 30.3 Å². The first-order valence-electron chi connectivity index (χ1n) is 5.87. The van der Waals surface area contributed by atoms with Crippen molar-refractivity contribution in [3.05, 3.63) is 60.2 Å². The predicted octanol–water partition coefficient (Wildman–Crippen LogP) is 2.65. The van der Waals surface area contributed by atoms with Crippen LogP contribution in [0.5, 0.6) is 11.5 Å². The van der Waals surface area contributed by atoms with Crippen molar-refractivity contribution < 1.29 is 14.3 Å². The molecule has 0 amide bonds. The van der Waals surface area contributed by atoms with E-state index in [9.17, 15) is 4.79 Å². The average molecular weight is 257 g/mol. The highest BCUT2D eigenvalue weighted by Gasteiger charge is 2.16. The molecular formula is C15H15NO3. The highest BCUT2D eigenvalue weighted by molar-refractivity contribution is 5.77. The molecule has 0 aromatic heterocycles. The Morgan fingerprint density at radius 3 is 2.42 bits per heavy atom. The molecule has 0 aliphatic carbocycles. The predicted molar refractivity (Wildman–Crippen MR) is 71.9 cm³/mol. The third-order valence-corrected chi connectivity index (χ3v) is 2.65. The monoisotopic (exact) mass is 257 g/mol. The molecule has 2 aromatic carbocycles. The number of benzene rings is 2. The second-order valence-corrected chi connectivity index (χ2v) is 3.99. The molecular weight excluding hydrogens is 242 g/mol. The third-order valence-electron chi connectivity index (χ3n) is 2.65.